The minimum atomic E-state index is -0.686. The summed E-state index contributed by atoms with van der Waals surface area (Å²) in [7, 11) is 0. The molecule has 0 unspecified atom stereocenters. The van der Waals surface area contributed by atoms with E-state index in [1.165, 1.54) is 186 Å². The largest absolute Gasteiger partial charge is 0.0553 e. The fourth-order valence-corrected chi connectivity index (χ4v) is 13.6. The van der Waals surface area contributed by atoms with E-state index in [2.05, 4.69) is 71.5 Å². The van der Waals surface area contributed by atoms with Crippen molar-refractivity contribution < 1.29 is 45.3 Å². The Morgan fingerprint density at radius 2 is 0.699 bits per heavy atom. The molecule has 0 bridgehead atoms. The number of aliphatic carboxylic acids is 1. The van der Waals surface area contributed by atoms with Gasteiger partial charge in [0.05, 0.1) is 12.8 Å². The van der Waals surface area contributed by atoms with Gasteiger partial charge in [-0.3, -0.25) is 21.3 Å². The standard InChI is InChI=1S/C18H24O2.C14H16O2.C12H13Br.C12H14.C6H11O2.C2H6.BrH.Zn/c1-18(2,3)20-17(19)11-16-14-8-4-6-12(14)10-13-7-5-9-15(13)16;15-14(16)8-13-11-5-1-3-9(11)7-10-4-2-6-12(10)13;13-12-10-5-1-3-8(10)7-9-4-2-6-11(9)12;1-3-9-7-11-5-2-6-12(11)8-10(9)4-1;1-5(7)8-6(2,3)4;1-2;;/h10H,4-9,11H2,1-3H3;7H,1-6,8H2,(H,15,16);7H,1-6H2;7-8H,1-6H2;1H2,2-4H3;1-2H3;1H;/q;;;;-1;;;+2/p-1. The Labute approximate surface area is 464 Å². The average molecular weight is 1170 g/mol. The number of ether oxygens (including phenoxy) is 2. The molecule has 0 radical (unpaired) electrons. The van der Waals surface area contributed by atoms with Gasteiger partial charge in [-0.2, -0.15) is 0 Å². The monoisotopic (exact) mass is 1170 g/mol. The van der Waals surface area contributed by atoms with Crippen LogP contribution in [0.1, 0.15) is 207 Å². The average Bonchev–Trinajstić information content (AvgIpc) is 4.19. The Morgan fingerprint density at radius 3 is 0.973 bits per heavy atom. The zero-order valence-corrected chi connectivity index (χ0v) is 52.1. The molecule has 0 amide bonds. The molecule has 0 aliphatic heterocycles. The summed E-state index contributed by atoms with van der Waals surface area (Å²) in [4.78, 5) is 33.3. The van der Waals surface area contributed by atoms with E-state index >= 15 is 0 Å². The van der Waals surface area contributed by atoms with E-state index in [1.807, 2.05) is 34.6 Å². The second-order valence-corrected chi connectivity index (χ2v) is 23.7. The summed E-state index contributed by atoms with van der Waals surface area (Å²) in [5.41, 5.74) is 26.2. The number of carboxylic acid groups (broad SMARTS) is 1. The number of carboxylic acids is 1. The maximum atomic E-state index is 12.2. The van der Waals surface area contributed by atoms with Gasteiger partial charge in [-0.1, -0.05) is 60.1 Å². The van der Waals surface area contributed by atoms with Crippen molar-refractivity contribution in [2.45, 2.75) is 234 Å². The number of hydrogen-bond donors (Lipinski definition) is 1. The van der Waals surface area contributed by atoms with Crippen LogP contribution in [0, 0.1) is 6.92 Å². The summed E-state index contributed by atoms with van der Waals surface area (Å²) in [6.07, 6.45) is 30.7. The summed E-state index contributed by atoms with van der Waals surface area (Å²) in [6, 6.07) is 12.2. The molecule has 0 fully saturated rings. The quantitative estimate of drug-likeness (QED) is 0.124. The number of esters is 2. The van der Waals surface area contributed by atoms with Crippen LogP contribution in [0.2, 0.25) is 0 Å². The second-order valence-electron chi connectivity index (χ2n) is 22.9. The normalized spacial score (nSPS) is 16.3. The minimum Gasteiger partial charge on any atom is -0.0553 e. The molecule has 0 atom stereocenters. The number of carbonyl (C=O) groups excluding carboxylic acids is 2. The molecule has 1 N–H and O–H groups in total. The zero-order valence-electron chi connectivity index (χ0n) is 45.9. The number of hydrogen-bond acceptors (Lipinski definition) is 5. The third-order valence-electron chi connectivity index (χ3n) is 15.4. The van der Waals surface area contributed by atoms with Crippen molar-refractivity contribution in [2.75, 3.05) is 0 Å². The van der Waals surface area contributed by atoms with E-state index in [-0.39, 0.29) is 12.4 Å². The Bertz CT molecular complexity index is 2440. The molecule has 4 aromatic rings. The number of rotatable bonds is 4. The van der Waals surface area contributed by atoms with E-state index in [1.54, 1.807) is 65.3 Å². The van der Waals surface area contributed by atoms with Crippen LogP contribution in [0.4, 0.5) is 0 Å². The Balaban J connectivity index is 0.000000150. The van der Waals surface area contributed by atoms with Crippen molar-refractivity contribution in [3.05, 3.63) is 142 Å². The summed E-state index contributed by atoms with van der Waals surface area (Å²) in [6.45, 7) is 18.3. The van der Waals surface area contributed by atoms with Gasteiger partial charge in [0.1, 0.15) is 11.2 Å². The van der Waals surface area contributed by atoms with Crippen LogP contribution in [0.5, 0.6) is 0 Å². The van der Waals surface area contributed by atoms with Crippen molar-refractivity contribution >= 4 is 47.5 Å². The van der Waals surface area contributed by atoms with Gasteiger partial charge in [-0.25, -0.2) is 0 Å². The first-order valence-corrected chi connectivity index (χ1v) is 35.7. The molecule has 0 aromatic heterocycles. The number of halogens is 2. The summed E-state index contributed by atoms with van der Waals surface area (Å²) in [5, 5.41) is 9.03. The van der Waals surface area contributed by atoms with E-state index < -0.39 is 23.1 Å². The first kappa shape index (κ1) is 59.0. The van der Waals surface area contributed by atoms with Gasteiger partial charge in [0.25, 0.3) is 0 Å². The fourth-order valence-electron chi connectivity index (χ4n) is 12.7. The van der Waals surface area contributed by atoms with Crippen molar-refractivity contribution in [3.8, 4) is 0 Å². The first-order chi connectivity index (χ1) is 34.9. The van der Waals surface area contributed by atoms with Crippen LogP contribution < -0.4 is 0 Å². The smallest absolute Gasteiger partial charge is 0.0273 e. The van der Waals surface area contributed by atoms with Gasteiger partial charge < -0.3 is 14.6 Å². The fraction of sp³-hybridized carbons (Fsp3) is 0.562. The van der Waals surface area contributed by atoms with Gasteiger partial charge in [-0.15, -0.1) is 0 Å². The molecule has 0 heterocycles. The van der Waals surface area contributed by atoms with Crippen molar-refractivity contribution in [2.24, 2.45) is 0 Å². The molecule has 73 heavy (non-hydrogen) atoms. The molecule has 12 rings (SSSR count). The maximum Gasteiger partial charge on any atom is -0.0273 e. The predicted molar refractivity (Wildman–Crippen MR) is 302 cm³/mol. The van der Waals surface area contributed by atoms with Crippen LogP contribution in [0.3, 0.4) is 0 Å². The number of carbonyl (C=O) groups is 3. The topological polar surface area (TPSA) is 89.9 Å². The first-order valence-electron chi connectivity index (χ1n) is 27.9. The third kappa shape index (κ3) is 15.9. The second kappa shape index (κ2) is 27.2. The molecule has 4 aromatic carbocycles. The maximum absolute atomic E-state index is 12.2. The van der Waals surface area contributed by atoms with Crippen LogP contribution in [-0.2, 0) is 156 Å². The Morgan fingerprint density at radius 1 is 0.452 bits per heavy atom. The predicted octanol–water partition coefficient (Wildman–Crippen LogP) is 15.0. The zero-order chi connectivity index (χ0) is 53.0. The van der Waals surface area contributed by atoms with E-state index in [0.717, 1.165) is 44.1 Å². The van der Waals surface area contributed by atoms with Gasteiger partial charge in [-0.05, 0) is 296 Å². The van der Waals surface area contributed by atoms with Crippen LogP contribution >= 0.6 is 29.6 Å². The van der Waals surface area contributed by atoms with Gasteiger partial charge in [0.15, 0.2) is 5.97 Å². The van der Waals surface area contributed by atoms with Crippen LogP contribution in [0.15, 0.2) is 34.8 Å². The third-order valence-corrected chi connectivity index (χ3v) is 16.3. The molecule has 392 valence electrons. The molecule has 0 saturated carbocycles. The van der Waals surface area contributed by atoms with Crippen LogP contribution in [-0.4, -0.2) is 34.2 Å². The molecular formula is C64H84Br2O6Zn. The molecule has 9 heteroatoms. The SMILES string of the molecule is Brc1c2c(cc3c1CCC3)CCC2.CC.CC(C)(C)OC(=O)Cc1c2c(cc3c1CCC3)CCC2.O=C(O)Cc1c2c(cc3c1CCC3)CCC2.[CH2-]C(=O)OC(C)(C)C.[Zn+][Br].c1c2c(cc3c1CCC3)CCC2. The molecule has 8 aliphatic rings. The Hall–Kier alpha value is -3.26. The molecule has 6 nitrogen and oxygen atoms in total. The van der Waals surface area contributed by atoms with Gasteiger partial charge >= 0.3 is 41.9 Å². The van der Waals surface area contributed by atoms with Crippen molar-refractivity contribution in [1.82, 2.24) is 0 Å². The van der Waals surface area contributed by atoms with Gasteiger partial charge in [0.2, 0.25) is 0 Å². The van der Waals surface area contributed by atoms with E-state index in [4.69, 9.17) is 9.84 Å². The molecule has 0 spiro atoms. The van der Waals surface area contributed by atoms with Gasteiger partial charge in [0, 0.05) is 4.47 Å². The summed E-state index contributed by atoms with van der Waals surface area (Å²) >= 11 is 8.03. The number of benzene rings is 4. The molecule has 0 saturated heterocycles. The minimum absolute atomic E-state index is 0.0769. The number of aryl methyl sites for hydroxylation is 10. The van der Waals surface area contributed by atoms with E-state index in [0.29, 0.717) is 6.42 Å². The van der Waals surface area contributed by atoms with Crippen molar-refractivity contribution in [1.29, 1.82) is 0 Å². The summed E-state index contributed by atoms with van der Waals surface area (Å²) < 4.78 is 11.7. The van der Waals surface area contributed by atoms with Crippen LogP contribution in [0.25, 0.3) is 0 Å². The summed E-state index contributed by atoms with van der Waals surface area (Å²) in [5.74, 6) is -1.24. The van der Waals surface area contributed by atoms with Crippen molar-refractivity contribution in [3.63, 3.8) is 0 Å². The molecular weight excluding hydrogens is 1090 g/mol. The molecule has 8 aliphatic carbocycles. The Kier molecular flexibility index (Phi) is 22.0. The number of fused-ring (bicyclic) bond motifs is 8. The van der Waals surface area contributed by atoms with E-state index in [9.17, 15) is 14.4 Å².